The Morgan fingerprint density at radius 1 is 1.53 bits per heavy atom. The van der Waals surface area contributed by atoms with Crippen LogP contribution in [0.25, 0.3) is 5.65 Å². The number of rotatable bonds is 2. The zero-order valence-corrected chi connectivity index (χ0v) is 8.16. The predicted molar refractivity (Wildman–Crippen MR) is 54.9 cm³/mol. The Labute approximate surface area is 86.1 Å². The number of nitrogens with one attached hydrogen (secondary N) is 1. The Hall–Kier alpha value is -2.09. The van der Waals surface area contributed by atoms with Crippen LogP contribution in [0.15, 0.2) is 18.3 Å². The molecule has 2 aromatic rings. The SMILES string of the molecule is CC#CCNc1nc2ccc(F)cn2n1. The molecule has 2 aromatic heterocycles. The third kappa shape index (κ3) is 2.05. The summed E-state index contributed by atoms with van der Waals surface area (Å²) < 4.78 is 14.2. The zero-order valence-electron chi connectivity index (χ0n) is 8.16. The molecular weight excluding hydrogens is 195 g/mol. The smallest absolute Gasteiger partial charge is 0.243 e. The molecule has 0 aromatic carbocycles. The highest BCUT2D eigenvalue weighted by molar-refractivity contribution is 5.43. The average Bonchev–Trinajstić information content (AvgIpc) is 2.60. The first-order valence-corrected chi connectivity index (χ1v) is 4.45. The van der Waals surface area contributed by atoms with E-state index >= 15 is 0 Å². The Morgan fingerprint density at radius 3 is 3.20 bits per heavy atom. The lowest BCUT2D eigenvalue weighted by Gasteiger charge is -1.91. The molecule has 0 fully saturated rings. The van der Waals surface area contributed by atoms with Gasteiger partial charge in [0.2, 0.25) is 5.95 Å². The number of nitrogens with zero attached hydrogens (tertiary/aromatic N) is 3. The van der Waals surface area contributed by atoms with E-state index < -0.39 is 0 Å². The van der Waals surface area contributed by atoms with E-state index in [4.69, 9.17) is 0 Å². The minimum atomic E-state index is -0.340. The quantitative estimate of drug-likeness (QED) is 0.750. The van der Waals surface area contributed by atoms with E-state index in [0.717, 1.165) is 0 Å². The van der Waals surface area contributed by atoms with Crippen molar-refractivity contribution in [1.29, 1.82) is 0 Å². The molecule has 0 saturated heterocycles. The fourth-order valence-electron chi connectivity index (χ4n) is 1.14. The van der Waals surface area contributed by atoms with E-state index in [0.29, 0.717) is 18.1 Å². The third-order valence-electron chi connectivity index (χ3n) is 1.81. The van der Waals surface area contributed by atoms with Gasteiger partial charge in [-0.15, -0.1) is 11.0 Å². The van der Waals surface area contributed by atoms with Gasteiger partial charge in [0.15, 0.2) is 5.65 Å². The van der Waals surface area contributed by atoms with Crippen molar-refractivity contribution in [2.24, 2.45) is 0 Å². The van der Waals surface area contributed by atoms with Crippen LogP contribution in [0, 0.1) is 17.7 Å². The molecule has 4 nitrogen and oxygen atoms in total. The highest BCUT2D eigenvalue weighted by atomic mass is 19.1. The Balaban J connectivity index is 2.25. The van der Waals surface area contributed by atoms with Gasteiger partial charge in [-0.2, -0.15) is 4.98 Å². The van der Waals surface area contributed by atoms with Gasteiger partial charge in [0, 0.05) is 0 Å². The molecule has 1 N–H and O–H groups in total. The van der Waals surface area contributed by atoms with Gasteiger partial charge in [0.1, 0.15) is 5.82 Å². The molecule has 0 aliphatic carbocycles. The molecule has 0 amide bonds. The molecule has 0 bridgehead atoms. The second kappa shape index (κ2) is 3.96. The molecule has 0 unspecified atom stereocenters. The van der Waals surface area contributed by atoms with Gasteiger partial charge in [0.05, 0.1) is 12.7 Å². The molecule has 0 atom stereocenters. The molecule has 0 spiro atoms. The number of pyridine rings is 1. The van der Waals surface area contributed by atoms with Crippen LogP contribution < -0.4 is 5.32 Å². The molecule has 0 aliphatic rings. The van der Waals surface area contributed by atoms with Crippen molar-refractivity contribution in [2.45, 2.75) is 6.92 Å². The summed E-state index contributed by atoms with van der Waals surface area (Å²) in [6, 6.07) is 2.92. The summed E-state index contributed by atoms with van der Waals surface area (Å²) in [5.74, 6) is 5.68. The molecule has 15 heavy (non-hydrogen) atoms. The number of anilines is 1. The molecule has 0 aliphatic heterocycles. The molecule has 0 radical (unpaired) electrons. The van der Waals surface area contributed by atoms with Crippen LogP contribution >= 0.6 is 0 Å². The number of hydrogen-bond acceptors (Lipinski definition) is 3. The molecule has 2 rings (SSSR count). The van der Waals surface area contributed by atoms with Gasteiger partial charge in [0.25, 0.3) is 0 Å². The molecule has 5 heteroatoms. The first kappa shape index (κ1) is 9.46. The largest absolute Gasteiger partial charge is 0.342 e. The van der Waals surface area contributed by atoms with Crippen LogP contribution in [-0.4, -0.2) is 21.1 Å². The summed E-state index contributed by atoms with van der Waals surface area (Å²) in [6.45, 7) is 2.24. The van der Waals surface area contributed by atoms with Crippen molar-refractivity contribution < 1.29 is 4.39 Å². The standard InChI is InChI=1S/C10H9FN4/c1-2-3-6-12-10-13-9-5-4-8(11)7-15(9)14-10/h4-5,7H,6H2,1H3,(H,12,14). The van der Waals surface area contributed by atoms with Gasteiger partial charge in [-0.05, 0) is 19.1 Å². The van der Waals surface area contributed by atoms with E-state index in [1.807, 2.05) is 0 Å². The fraction of sp³-hybridized carbons (Fsp3) is 0.200. The molecule has 76 valence electrons. The predicted octanol–water partition coefficient (Wildman–Crippen LogP) is 1.30. The van der Waals surface area contributed by atoms with Crippen LogP contribution in [0.1, 0.15) is 6.92 Å². The lowest BCUT2D eigenvalue weighted by Crippen LogP contribution is -2.00. The maximum absolute atomic E-state index is 12.8. The maximum atomic E-state index is 12.8. The second-order valence-corrected chi connectivity index (χ2v) is 2.87. The monoisotopic (exact) mass is 204 g/mol. The maximum Gasteiger partial charge on any atom is 0.243 e. The topological polar surface area (TPSA) is 42.2 Å². The summed E-state index contributed by atoms with van der Waals surface area (Å²) in [7, 11) is 0. The van der Waals surface area contributed by atoms with E-state index in [-0.39, 0.29) is 5.82 Å². The van der Waals surface area contributed by atoms with E-state index in [2.05, 4.69) is 27.2 Å². The Kier molecular flexibility index (Phi) is 2.50. The lowest BCUT2D eigenvalue weighted by molar-refractivity contribution is 0.615. The highest BCUT2D eigenvalue weighted by Gasteiger charge is 2.02. The molecule has 2 heterocycles. The minimum Gasteiger partial charge on any atom is -0.342 e. The average molecular weight is 204 g/mol. The van der Waals surface area contributed by atoms with Crippen LogP contribution in [-0.2, 0) is 0 Å². The van der Waals surface area contributed by atoms with Crippen LogP contribution in [0.2, 0.25) is 0 Å². The summed E-state index contributed by atoms with van der Waals surface area (Å²) in [5.41, 5.74) is 0.600. The van der Waals surface area contributed by atoms with Crippen molar-refractivity contribution in [3.8, 4) is 11.8 Å². The minimum absolute atomic E-state index is 0.340. The normalized spacial score (nSPS) is 9.73. The van der Waals surface area contributed by atoms with Gasteiger partial charge in [-0.1, -0.05) is 5.92 Å². The van der Waals surface area contributed by atoms with Gasteiger partial charge in [-0.25, -0.2) is 8.91 Å². The van der Waals surface area contributed by atoms with E-state index in [1.165, 1.54) is 16.8 Å². The van der Waals surface area contributed by atoms with Crippen molar-refractivity contribution in [3.63, 3.8) is 0 Å². The first-order valence-electron chi connectivity index (χ1n) is 4.45. The summed E-state index contributed by atoms with van der Waals surface area (Å²) in [6.07, 6.45) is 1.28. The summed E-state index contributed by atoms with van der Waals surface area (Å²) in [5, 5.41) is 6.95. The Morgan fingerprint density at radius 2 is 2.40 bits per heavy atom. The number of fused-ring (bicyclic) bond motifs is 1. The second-order valence-electron chi connectivity index (χ2n) is 2.87. The number of hydrogen-bond donors (Lipinski definition) is 1. The molecule has 0 saturated carbocycles. The summed E-state index contributed by atoms with van der Waals surface area (Å²) >= 11 is 0. The van der Waals surface area contributed by atoms with Gasteiger partial charge >= 0.3 is 0 Å². The van der Waals surface area contributed by atoms with Crippen molar-refractivity contribution in [1.82, 2.24) is 14.6 Å². The number of halogens is 1. The fourth-order valence-corrected chi connectivity index (χ4v) is 1.14. The highest BCUT2D eigenvalue weighted by Crippen LogP contribution is 2.05. The first-order chi connectivity index (χ1) is 7.29. The van der Waals surface area contributed by atoms with Crippen LogP contribution in [0.4, 0.5) is 10.3 Å². The lowest BCUT2D eigenvalue weighted by atomic mass is 10.5. The van der Waals surface area contributed by atoms with Crippen LogP contribution in [0.5, 0.6) is 0 Å². The van der Waals surface area contributed by atoms with Crippen molar-refractivity contribution in [2.75, 3.05) is 11.9 Å². The van der Waals surface area contributed by atoms with Crippen molar-refractivity contribution >= 4 is 11.6 Å². The van der Waals surface area contributed by atoms with Gasteiger partial charge < -0.3 is 5.32 Å². The van der Waals surface area contributed by atoms with Crippen LogP contribution in [0.3, 0.4) is 0 Å². The molecular formula is C10H9FN4. The van der Waals surface area contributed by atoms with E-state index in [9.17, 15) is 4.39 Å². The zero-order chi connectivity index (χ0) is 10.7. The Bertz CT molecular complexity index is 535. The summed E-state index contributed by atoms with van der Waals surface area (Å²) in [4.78, 5) is 4.13. The van der Waals surface area contributed by atoms with E-state index in [1.54, 1.807) is 13.0 Å². The van der Waals surface area contributed by atoms with Crippen molar-refractivity contribution in [3.05, 3.63) is 24.1 Å². The number of aromatic nitrogens is 3. The van der Waals surface area contributed by atoms with Gasteiger partial charge in [-0.3, -0.25) is 0 Å². The third-order valence-corrected chi connectivity index (χ3v) is 1.81.